The van der Waals surface area contributed by atoms with Gasteiger partial charge in [-0.1, -0.05) is 36.4 Å². The molecule has 0 aliphatic heterocycles. The maximum atomic E-state index is 10.8. The lowest BCUT2D eigenvalue weighted by Crippen LogP contribution is -2.32. The van der Waals surface area contributed by atoms with Gasteiger partial charge in [0.1, 0.15) is 17.5 Å². The number of carbonyl (C=O) groups is 1. The van der Waals surface area contributed by atoms with Crippen LogP contribution in [0, 0.1) is 0 Å². The van der Waals surface area contributed by atoms with E-state index in [1.54, 1.807) is 14.2 Å². The van der Waals surface area contributed by atoms with Gasteiger partial charge in [0.2, 0.25) is 0 Å². The molecule has 0 amide bonds. The summed E-state index contributed by atoms with van der Waals surface area (Å²) in [6.45, 7) is 0. The molecule has 0 spiro atoms. The van der Waals surface area contributed by atoms with Crippen LogP contribution in [0.5, 0.6) is 11.5 Å². The summed E-state index contributed by atoms with van der Waals surface area (Å²) in [5, 5.41) is 8.84. The molecule has 0 fully saturated rings. The van der Waals surface area contributed by atoms with Crippen LogP contribution in [0.15, 0.2) is 42.5 Å². The van der Waals surface area contributed by atoms with Crippen molar-refractivity contribution < 1.29 is 19.4 Å². The fraction of sp³-hybridized carbons (Fsp3) is 0.211. The highest BCUT2D eigenvalue weighted by Gasteiger charge is 2.11. The van der Waals surface area contributed by atoms with Crippen LogP contribution in [-0.2, 0) is 11.2 Å². The van der Waals surface area contributed by atoms with E-state index in [0.29, 0.717) is 6.42 Å². The normalized spacial score (nSPS) is 12.1. The van der Waals surface area contributed by atoms with Crippen molar-refractivity contribution in [3.8, 4) is 11.5 Å². The molecule has 0 radical (unpaired) electrons. The van der Waals surface area contributed by atoms with Gasteiger partial charge in [0.15, 0.2) is 0 Å². The second-order valence-corrected chi connectivity index (χ2v) is 5.37. The summed E-state index contributed by atoms with van der Waals surface area (Å²) in [7, 11) is 3.23. The first-order valence-electron chi connectivity index (χ1n) is 7.50. The molecule has 1 atom stereocenters. The van der Waals surface area contributed by atoms with Crippen molar-refractivity contribution in [1.29, 1.82) is 0 Å². The van der Waals surface area contributed by atoms with E-state index in [-0.39, 0.29) is 0 Å². The molecule has 5 heteroatoms. The summed E-state index contributed by atoms with van der Waals surface area (Å²) in [4.78, 5) is 10.8. The fourth-order valence-electron chi connectivity index (χ4n) is 2.22. The molecule has 1 unspecified atom stereocenters. The van der Waals surface area contributed by atoms with Gasteiger partial charge in [-0.15, -0.1) is 0 Å². The lowest BCUT2D eigenvalue weighted by atomic mass is 10.0. The minimum absolute atomic E-state index is 0.312. The van der Waals surface area contributed by atoms with Crippen molar-refractivity contribution in [1.82, 2.24) is 0 Å². The molecule has 5 nitrogen and oxygen atoms in total. The topological polar surface area (TPSA) is 81.8 Å². The molecule has 0 aliphatic rings. The van der Waals surface area contributed by atoms with Gasteiger partial charge in [0, 0.05) is 6.07 Å². The minimum atomic E-state index is -0.994. The number of carboxylic acids is 1. The summed E-state index contributed by atoms with van der Waals surface area (Å²) >= 11 is 0. The summed E-state index contributed by atoms with van der Waals surface area (Å²) in [5.41, 5.74) is 8.40. The molecule has 0 saturated carbocycles. The molecule has 126 valence electrons. The first kappa shape index (κ1) is 17.6. The molecular weight excluding hydrogens is 306 g/mol. The molecule has 0 aliphatic carbocycles. The van der Waals surface area contributed by atoms with Gasteiger partial charge < -0.3 is 20.3 Å². The summed E-state index contributed by atoms with van der Waals surface area (Å²) in [6.07, 6.45) is 4.24. The molecular formula is C19H21NO4. The van der Waals surface area contributed by atoms with Gasteiger partial charge >= 0.3 is 5.97 Å². The minimum Gasteiger partial charge on any atom is -0.497 e. The third kappa shape index (κ3) is 4.86. The van der Waals surface area contributed by atoms with E-state index in [2.05, 4.69) is 0 Å². The number of ether oxygens (including phenoxy) is 2. The number of aliphatic carboxylic acids is 1. The molecule has 0 bridgehead atoms. The van der Waals surface area contributed by atoms with Gasteiger partial charge in [0.05, 0.1) is 14.2 Å². The first-order valence-corrected chi connectivity index (χ1v) is 7.50. The lowest BCUT2D eigenvalue weighted by molar-refractivity contribution is -0.138. The Morgan fingerprint density at radius 2 is 1.58 bits per heavy atom. The number of methoxy groups -OCH3 is 2. The van der Waals surface area contributed by atoms with Crippen LogP contribution >= 0.6 is 0 Å². The first-order chi connectivity index (χ1) is 11.5. The Bertz CT molecular complexity index is 700. The smallest absolute Gasteiger partial charge is 0.320 e. The average Bonchev–Trinajstić information content (AvgIpc) is 2.60. The third-order valence-electron chi connectivity index (χ3n) is 3.59. The molecule has 0 saturated heterocycles. The van der Waals surface area contributed by atoms with Crippen molar-refractivity contribution in [2.45, 2.75) is 12.5 Å². The van der Waals surface area contributed by atoms with Crippen LogP contribution in [0.2, 0.25) is 0 Å². The molecule has 2 rings (SSSR count). The summed E-state index contributed by atoms with van der Waals surface area (Å²) in [5.74, 6) is 0.463. The van der Waals surface area contributed by atoms with E-state index in [9.17, 15) is 4.79 Å². The highest BCUT2D eigenvalue weighted by atomic mass is 16.5. The summed E-state index contributed by atoms with van der Waals surface area (Å²) in [6, 6.07) is 12.4. The van der Waals surface area contributed by atoms with Crippen molar-refractivity contribution in [3.05, 3.63) is 59.2 Å². The van der Waals surface area contributed by atoms with Crippen molar-refractivity contribution in [3.63, 3.8) is 0 Å². The van der Waals surface area contributed by atoms with Crippen LogP contribution in [0.25, 0.3) is 12.2 Å². The highest BCUT2D eigenvalue weighted by molar-refractivity contribution is 5.74. The quantitative estimate of drug-likeness (QED) is 0.764. The Labute approximate surface area is 141 Å². The number of hydrogen-bond donors (Lipinski definition) is 2. The number of benzene rings is 2. The van der Waals surface area contributed by atoms with Crippen LogP contribution in [0.4, 0.5) is 0 Å². The molecule has 24 heavy (non-hydrogen) atoms. The maximum absolute atomic E-state index is 10.8. The maximum Gasteiger partial charge on any atom is 0.320 e. The molecule has 3 N–H and O–H groups in total. The van der Waals surface area contributed by atoms with E-state index in [4.69, 9.17) is 20.3 Å². The molecule has 2 aromatic rings. The van der Waals surface area contributed by atoms with Crippen molar-refractivity contribution >= 4 is 18.1 Å². The number of rotatable bonds is 7. The monoisotopic (exact) mass is 327 g/mol. The van der Waals surface area contributed by atoms with Gasteiger partial charge in [-0.25, -0.2) is 0 Å². The Morgan fingerprint density at radius 3 is 2.08 bits per heavy atom. The lowest BCUT2D eigenvalue weighted by Gasteiger charge is -2.07. The van der Waals surface area contributed by atoms with Gasteiger partial charge in [-0.3, -0.25) is 4.79 Å². The number of nitrogens with two attached hydrogens (primary N) is 1. The van der Waals surface area contributed by atoms with Crippen molar-refractivity contribution in [2.24, 2.45) is 5.73 Å². The number of hydrogen-bond acceptors (Lipinski definition) is 4. The zero-order chi connectivity index (χ0) is 17.5. The van der Waals surface area contributed by atoms with Gasteiger partial charge in [-0.2, -0.15) is 0 Å². The van der Waals surface area contributed by atoms with E-state index < -0.39 is 12.0 Å². The zero-order valence-electron chi connectivity index (χ0n) is 13.7. The van der Waals surface area contributed by atoms with E-state index >= 15 is 0 Å². The van der Waals surface area contributed by atoms with E-state index in [0.717, 1.165) is 28.2 Å². The molecule has 2 aromatic carbocycles. The Balaban J connectivity index is 2.10. The molecule has 0 heterocycles. The highest BCUT2D eigenvalue weighted by Crippen LogP contribution is 2.23. The summed E-state index contributed by atoms with van der Waals surface area (Å²) < 4.78 is 10.5. The van der Waals surface area contributed by atoms with Crippen LogP contribution in [0.3, 0.4) is 0 Å². The van der Waals surface area contributed by atoms with Crippen LogP contribution < -0.4 is 15.2 Å². The average molecular weight is 327 g/mol. The zero-order valence-corrected chi connectivity index (χ0v) is 13.7. The van der Waals surface area contributed by atoms with Crippen LogP contribution in [0.1, 0.15) is 16.7 Å². The Kier molecular flexibility index (Phi) is 5.98. The van der Waals surface area contributed by atoms with E-state index in [1.807, 2.05) is 54.6 Å². The van der Waals surface area contributed by atoms with Crippen LogP contribution in [-0.4, -0.2) is 31.3 Å². The SMILES string of the molecule is COc1cc(/C=C/c2ccc(CC(N)C(=O)O)cc2)cc(OC)c1. The predicted molar refractivity (Wildman–Crippen MR) is 94.2 cm³/mol. The fourth-order valence-corrected chi connectivity index (χ4v) is 2.22. The Morgan fingerprint density at radius 1 is 1.04 bits per heavy atom. The third-order valence-corrected chi connectivity index (χ3v) is 3.59. The van der Waals surface area contributed by atoms with Crippen molar-refractivity contribution in [2.75, 3.05) is 14.2 Å². The second kappa shape index (κ2) is 8.17. The van der Waals surface area contributed by atoms with Gasteiger partial charge in [-0.05, 0) is 35.2 Å². The number of carboxylic acid groups (broad SMARTS) is 1. The molecule has 0 aromatic heterocycles. The Hall–Kier alpha value is -2.79. The van der Waals surface area contributed by atoms with E-state index in [1.165, 1.54) is 0 Å². The predicted octanol–water partition coefficient (Wildman–Crippen LogP) is 2.83. The largest absolute Gasteiger partial charge is 0.497 e. The van der Waals surface area contributed by atoms with Gasteiger partial charge in [0.25, 0.3) is 0 Å². The standard InChI is InChI=1S/C19H21NO4/c1-23-16-9-15(10-17(12-16)24-2)8-5-13-3-6-14(7-4-13)11-18(20)19(21)22/h3-10,12,18H,11,20H2,1-2H3,(H,21,22)/b8-5+. The second-order valence-electron chi connectivity index (χ2n) is 5.37.